The molecule has 1 heterocycles. The summed E-state index contributed by atoms with van der Waals surface area (Å²) in [5, 5.41) is 0. The van der Waals surface area contributed by atoms with Crippen LogP contribution in [-0.4, -0.2) is 33.6 Å². The van der Waals surface area contributed by atoms with Crippen molar-refractivity contribution in [2.75, 3.05) is 18.9 Å². The van der Waals surface area contributed by atoms with Crippen LogP contribution in [0.4, 0.5) is 5.69 Å². The molecule has 0 radical (unpaired) electrons. The van der Waals surface area contributed by atoms with Crippen molar-refractivity contribution in [1.29, 1.82) is 0 Å². The summed E-state index contributed by atoms with van der Waals surface area (Å²) in [6.45, 7) is 0. The van der Waals surface area contributed by atoms with Crippen LogP contribution in [0.3, 0.4) is 0 Å². The molecule has 7 nitrogen and oxygen atoms in total. The number of carbonyl (C=O) groups excluding carboxylic acids is 1. The smallest absolute Gasteiger partial charge is 0.337 e. The highest BCUT2D eigenvalue weighted by molar-refractivity contribution is 9.11. The lowest BCUT2D eigenvalue weighted by Gasteiger charge is -2.13. The fourth-order valence-corrected chi connectivity index (χ4v) is 4.75. The maximum absolute atomic E-state index is 12.7. The van der Waals surface area contributed by atoms with Crippen molar-refractivity contribution in [3.8, 4) is 16.2 Å². The Bertz CT molecular complexity index is 1110. The molecule has 0 atom stereocenters. The largest absolute Gasteiger partial charge is 0.495 e. The molecule has 0 aliphatic rings. The molecule has 0 saturated heterocycles. The first-order chi connectivity index (χ1) is 13.3. The molecule has 10 heteroatoms. The van der Waals surface area contributed by atoms with Crippen LogP contribution in [0, 0.1) is 0 Å². The molecular formula is C18H15BrN2O5S2. The van der Waals surface area contributed by atoms with E-state index in [2.05, 4.69) is 30.4 Å². The molecule has 3 rings (SSSR count). The number of benzene rings is 2. The summed E-state index contributed by atoms with van der Waals surface area (Å²) in [5.41, 5.74) is 1.33. The number of hydrogen-bond donors (Lipinski definition) is 1. The van der Waals surface area contributed by atoms with Gasteiger partial charge in [0.15, 0.2) is 3.92 Å². The molecule has 0 unspecified atom stereocenters. The molecule has 1 aromatic heterocycles. The molecule has 28 heavy (non-hydrogen) atoms. The number of methoxy groups -OCH3 is 2. The van der Waals surface area contributed by atoms with Gasteiger partial charge in [0.25, 0.3) is 10.0 Å². The molecular weight excluding hydrogens is 468 g/mol. The topological polar surface area (TPSA) is 94.6 Å². The molecule has 0 amide bonds. The second kappa shape index (κ2) is 8.29. The van der Waals surface area contributed by atoms with E-state index < -0.39 is 16.0 Å². The summed E-state index contributed by atoms with van der Waals surface area (Å²) in [4.78, 5) is 16.8. The fraction of sp³-hybridized carbons (Fsp3) is 0.111. The number of esters is 1. The first-order valence-electron chi connectivity index (χ1n) is 7.85. The van der Waals surface area contributed by atoms with Gasteiger partial charge in [0.2, 0.25) is 0 Å². The molecule has 146 valence electrons. The Hall–Kier alpha value is -2.43. The lowest BCUT2D eigenvalue weighted by atomic mass is 10.2. The summed E-state index contributed by atoms with van der Waals surface area (Å²) in [6, 6.07) is 10.8. The van der Waals surface area contributed by atoms with Crippen molar-refractivity contribution < 1.29 is 22.7 Å². The SMILES string of the molecule is COC(=O)c1ccc(NS(=O)(=O)c2ccc(-c3cnc(Br)s3)cc2)c(OC)c1. The number of hydrogen-bond acceptors (Lipinski definition) is 7. The van der Waals surface area contributed by atoms with Gasteiger partial charge in [-0.25, -0.2) is 18.2 Å². The Labute approximate surface area is 174 Å². The average Bonchev–Trinajstić information content (AvgIpc) is 3.14. The Morgan fingerprint density at radius 1 is 1.14 bits per heavy atom. The quantitative estimate of drug-likeness (QED) is 0.529. The van der Waals surface area contributed by atoms with Crippen molar-refractivity contribution in [3.63, 3.8) is 0 Å². The zero-order valence-corrected chi connectivity index (χ0v) is 18.0. The minimum absolute atomic E-state index is 0.0962. The number of halogens is 1. The zero-order chi connectivity index (χ0) is 20.3. The number of ether oxygens (including phenoxy) is 2. The van der Waals surface area contributed by atoms with Crippen LogP contribution in [0.15, 0.2) is 57.5 Å². The number of aromatic nitrogens is 1. The highest BCUT2D eigenvalue weighted by Gasteiger charge is 2.18. The number of nitrogens with one attached hydrogen (secondary N) is 1. The van der Waals surface area contributed by atoms with Crippen LogP contribution in [-0.2, 0) is 14.8 Å². The first-order valence-corrected chi connectivity index (χ1v) is 10.9. The normalized spacial score (nSPS) is 11.1. The van der Waals surface area contributed by atoms with Gasteiger partial charge < -0.3 is 9.47 Å². The van der Waals surface area contributed by atoms with Gasteiger partial charge in [-0.05, 0) is 51.8 Å². The molecule has 0 saturated carbocycles. The number of anilines is 1. The van der Waals surface area contributed by atoms with E-state index in [-0.39, 0.29) is 21.9 Å². The number of carbonyl (C=O) groups is 1. The second-order valence-electron chi connectivity index (χ2n) is 5.51. The van der Waals surface area contributed by atoms with Gasteiger partial charge in [-0.15, -0.1) is 11.3 Å². The van der Waals surface area contributed by atoms with Gasteiger partial charge in [-0.1, -0.05) is 12.1 Å². The molecule has 0 fully saturated rings. The van der Waals surface area contributed by atoms with E-state index >= 15 is 0 Å². The van der Waals surface area contributed by atoms with Gasteiger partial charge in [0, 0.05) is 6.20 Å². The van der Waals surface area contributed by atoms with Crippen LogP contribution in [0.2, 0.25) is 0 Å². The minimum atomic E-state index is -3.85. The Morgan fingerprint density at radius 2 is 1.86 bits per heavy atom. The lowest BCUT2D eigenvalue weighted by Crippen LogP contribution is -2.14. The average molecular weight is 483 g/mol. The van der Waals surface area contributed by atoms with Gasteiger partial charge in [0.05, 0.1) is 35.2 Å². The van der Waals surface area contributed by atoms with Crippen LogP contribution in [0.1, 0.15) is 10.4 Å². The van der Waals surface area contributed by atoms with Crippen molar-refractivity contribution in [3.05, 3.63) is 58.1 Å². The van der Waals surface area contributed by atoms with E-state index in [4.69, 9.17) is 4.74 Å². The third kappa shape index (κ3) is 4.34. The number of rotatable bonds is 6. The van der Waals surface area contributed by atoms with E-state index in [0.717, 1.165) is 14.4 Å². The maximum atomic E-state index is 12.7. The summed E-state index contributed by atoms with van der Waals surface area (Å²) in [7, 11) is -1.20. The third-order valence-electron chi connectivity index (χ3n) is 3.79. The van der Waals surface area contributed by atoms with Crippen molar-refractivity contribution in [2.24, 2.45) is 0 Å². The van der Waals surface area contributed by atoms with Gasteiger partial charge in [-0.3, -0.25) is 4.72 Å². The zero-order valence-electron chi connectivity index (χ0n) is 14.8. The molecule has 3 aromatic rings. The number of sulfonamides is 1. The van der Waals surface area contributed by atoms with E-state index in [9.17, 15) is 13.2 Å². The third-order valence-corrected chi connectivity index (χ3v) is 6.70. The van der Waals surface area contributed by atoms with Gasteiger partial charge in [-0.2, -0.15) is 0 Å². The lowest BCUT2D eigenvalue weighted by molar-refractivity contribution is 0.0600. The molecule has 0 aliphatic carbocycles. The maximum Gasteiger partial charge on any atom is 0.337 e. The highest BCUT2D eigenvalue weighted by atomic mass is 79.9. The molecule has 2 aromatic carbocycles. The number of thiazole rings is 1. The van der Waals surface area contributed by atoms with Crippen molar-refractivity contribution in [1.82, 2.24) is 4.98 Å². The summed E-state index contributed by atoms with van der Waals surface area (Å²) < 4.78 is 38.5. The highest BCUT2D eigenvalue weighted by Crippen LogP contribution is 2.31. The summed E-state index contributed by atoms with van der Waals surface area (Å²) >= 11 is 4.76. The Balaban J connectivity index is 1.86. The van der Waals surface area contributed by atoms with E-state index in [1.807, 2.05) is 0 Å². The fourth-order valence-electron chi connectivity index (χ4n) is 2.41. The van der Waals surface area contributed by atoms with Crippen molar-refractivity contribution >= 4 is 48.9 Å². The van der Waals surface area contributed by atoms with E-state index in [0.29, 0.717) is 0 Å². The predicted molar refractivity (Wildman–Crippen MR) is 110 cm³/mol. The van der Waals surface area contributed by atoms with Crippen LogP contribution >= 0.6 is 27.3 Å². The van der Waals surface area contributed by atoms with Crippen LogP contribution < -0.4 is 9.46 Å². The molecule has 0 spiro atoms. The Kier molecular flexibility index (Phi) is 6.01. The molecule has 0 bridgehead atoms. The standard InChI is InChI=1S/C18H15BrN2O5S2/c1-25-15-9-12(17(22)26-2)5-8-14(15)21-28(23,24)13-6-3-11(4-7-13)16-10-20-18(19)27-16/h3-10,21H,1-2H3. The summed E-state index contributed by atoms with van der Waals surface area (Å²) in [5.74, 6) is -0.337. The summed E-state index contributed by atoms with van der Waals surface area (Å²) in [6.07, 6.45) is 1.71. The minimum Gasteiger partial charge on any atom is -0.495 e. The molecule has 1 N–H and O–H groups in total. The molecule has 0 aliphatic heterocycles. The monoisotopic (exact) mass is 482 g/mol. The first kappa shape index (κ1) is 20.3. The number of nitrogens with zero attached hydrogens (tertiary/aromatic N) is 1. The van der Waals surface area contributed by atoms with Gasteiger partial charge >= 0.3 is 5.97 Å². The van der Waals surface area contributed by atoms with E-state index in [1.165, 1.54) is 55.9 Å². The Morgan fingerprint density at radius 3 is 2.43 bits per heavy atom. The van der Waals surface area contributed by atoms with Crippen LogP contribution in [0.5, 0.6) is 5.75 Å². The van der Waals surface area contributed by atoms with Crippen LogP contribution in [0.25, 0.3) is 10.4 Å². The van der Waals surface area contributed by atoms with E-state index in [1.54, 1.807) is 18.3 Å². The second-order valence-corrected chi connectivity index (χ2v) is 9.50. The van der Waals surface area contributed by atoms with Gasteiger partial charge in [0.1, 0.15) is 5.75 Å². The van der Waals surface area contributed by atoms with Crippen molar-refractivity contribution in [2.45, 2.75) is 4.90 Å². The predicted octanol–water partition coefficient (Wildman–Crippen LogP) is 4.17.